The van der Waals surface area contributed by atoms with Crippen molar-refractivity contribution in [1.82, 2.24) is 0 Å². The van der Waals surface area contributed by atoms with Crippen molar-refractivity contribution < 1.29 is 22.7 Å². The molecule has 5 heteroatoms. The molecule has 0 aliphatic heterocycles. The third-order valence-electron chi connectivity index (χ3n) is 6.98. The van der Waals surface area contributed by atoms with Crippen LogP contribution < -0.4 is 4.74 Å². The van der Waals surface area contributed by atoms with Crippen LogP contribution in [0.1, 0.15) is 109 Å². The van der Waals surface area contributed by atoms with Gasteiger partial charge in [-0.2, -0.15) is 13.2 Å². The first-order valence-electron chi connectivity index (χ1n) is 12.1. The van der Waals surface area contributed by atoms with E-state index in [0.29, 0.717) is 18.8 Å². The molecule has 1 saturated carbocycles. The highest BCUT2D eigenvalue weighted by atomic mass is 19.4. The van der Waals surface area contributed by atoms with E-state index in [9.17, 15) is 18.0 Å². The Morgan fingerprint density at radius 2 is 1.52 bits per heavy atom. The molecule has 1 aromatic carbocycles. The predicted molar refractivity (Wildman–Crippen MR) is 119 cm³/mol. The highest BCUT2D eigenvalue weighted by Gasteiger charge is 2.57. The van der Waals surface area contributed by atoms with Gasteiger partial charge in [0.25, 0.3) is 0 Å². The minimum Gasteiger partial charge on any atom is -0.426 e. The molecule has 2 rings (SSSR count). The summed E-state index contributed by atoms with van der Waals surface area (Å²) in [6.07, 6.45) is 6.93. The highest BCUT2D eigenvalue weighted by molar-refractivity contribution is 5.79. The molecule has 176 valence electrons. The Bertz CT molecular complexity index is 660. The average Bonchev–Trinajstić information content (AvgIpc) is 2.74. The van der Waals surface area contributed by atoms with E-state index >= 15 is 0 Å². The Morgan fingerprint density at radius 1 is 0.935 bits per heavy atom. The number of esters is 1. The summed E-state index contributed by atoms with van der Waals surface area (Å²) in [5.74, 6) is 0.293. The third kappa shape index (κ3) is 7.25. The molecule has 0 heterocycles. The summed E-state index contributed by atoms with van der Waals surface area (Å²) in [5.41, 5.74) is -1.29. The van der Waals surface area contributed by atoms with Crippen molar-refractivity contribution in [3.05, 3.63) is 29.8 Å². The average molecular weight is 441 g/mol. The molecule has 1 fully saturated rings. The number of rotatable bonds is 11. The maximum absolute atomic E-state index is 13.6. The minimum atomic E-state index is -4.63. The van der Waals surface area contributed by atoms with Crippen molar-refractivity contribution in [1.29, 1.82) is 0 Å². The SMILES string of the molecule is CCCCCC1CCC(c2ccc(OC(=O)C(C)(CCCCC)C(F)(F)F)cc2)CC1. The summed E-state index contributed by atoms with van der Waals surface area (Å²) >= 11 is 0. The van der Waals surface area contributed by atoms with E-state index in [1.807, 2.05) is 19.1 Å². The molecule has 1 atom stereocenters. The number of hydrogen-bond acceptors (Lipinski definition) is 2. The van der Waals surface area contributed by atoms with Crippen molar-refractivity contribution in [3.8, 4) is 5.75 Å². The standard InChI is InChI=1S/C26H39F3O2/c1-4-6-8-10-20-11-13-21(14-12-20)22-15-17-23(18-16-22)31-24(30)25(3,26(27,28)29)19-9-7-5-2/h15-18,20-21H,4-14,19H2,1-3H3. The van der Waals surface area contributed by atoms with Crippen LogP contribution >= 0.6 is 0 Å². The Kier molecular flexibility index (Phi) is 9.90. The van der Waals surface area contributed by atoms with Gasteiger partial charge in [-0.15, -0.1) is 0 Å². The van der Waals surface area contributed by atoms with Crippen molar-refractivity contribution in [2.45, 2.75) is 110 Å². The van der Waals surface area contributed by atoms with Crippen LogP contribution in [0.2, 0.25) is 0 Å². The third-order valence-corrected chi connectivity index (χ3v) is 6.98. The van der Waals surface area contributed by atoms with Crippen LogP contribution in [-0.4, -0.2) is 12.1 Å². The predicted octanol–water partition coefficient (Wildman–Crippen LogP) is 8.60. The van der Waals surface area contributed by atoms with Gasteiger partial charge in [-0.3, -0.25) is 4.79 Å². The molecule has 0 amide bonds. The first-order valence-corrected chi connectivity index (χ1v) is 12.1. The summed E-state index contributed by atoms with van der Waals surface area (Å²) < 4.78 is 46.1. The number of carbonyl (C=O) groups is 1. The van der Waals surface area contributed by atoms with E-state index in [0.717, 1.165) is 32.1 Å². The molecule has 0 bridgehead atoms. The zero-order valence-electron chi connectivity index (χ0n) is 19.4. The number of halogens is 3. The van der Waals surface area contributed by atoms with Crippen molar-refractivity contribution >= 4 is 5.97 Å². The van der Waals surface area contributed by atoms with E-state index in [1.165, 1.54) is 44.1 Å². The second kappa shape index (κ2) is 11.9. The topological polar surface area (TPSA) is 26.3 Å². The highest BCUT2D eigenvalue weighted by Crippen LogP contribution is 2.44. The summed E-state index contributed by atoms with van der Waals surface area (Å²) in [4.78, 5) is 12.5. The van der Waals surface area contributed by atoms with Gasteiger partial charge < -0.3 is 4.74 Å². The van der Waals surface area contributed by atoms with Gasteiger partial charge in [0.1, 0.15) is 5.75 Å². The van der Waals surface area contributed by atoms with Crippen LogP contribution in [0.15, 0.2) is 24.3 Å². The van der Waals surface area contributed by atoms with Crippen LogP contribution in [0, 0.1) is 11.3 Å². The van der Waals surface area contributed by atoms with E-state index in [-0.39, 0.29) is 12.2 Å². The quantitative estimate of drug-likeness (QED) is 0.196. The van der Waals surface area contributed by atoms with Gasteiger partial charge in [0.2, 0.25) is 0 Å². The Morgan fingerprint density at radius 3 is 2.06 bits per heavy atom. The van der Waals surface area contributed by atoms with Gasteiger partial charge in [-0.05, 0) is 68.6 Å². The monoisotopic (exact) mass is 440 g/mol. The molecule has 0 radical (unpaired) electrons. The maximum Gasteiger partial charge on any atom is 0.404 e. The number of ether oxygens (including phenoxy) is 1. The Balaban J connectivity index is 1.93. The Labute approximate surface area is 185 Å². The normalized spacial score (nSPS) is 21.5. The fourth-order valence-corrected chi connectivity index (χ4v) is 4.58. The summed E-state index contributed by atoms with van der Waals surface area (Å²) in [6.45, 7) is 5.11. The minimum absolute atomic E-state index is 0.188. The zero-order valence-corrected chi connectivity index (χ0v) is 19.4. The van der Waals surface area contributed by atoms with Gasteiger partial charge in [-0.1, -0.05) is 70.9 Å². The van der Waals surface area contributed by atoms with Gasteiger partial charge in [0.15, 0.2) is 5.41 Å². The fraction of sp³-hybridized carbons (Fsp3) is 0.731. The molecule has 1 aliphatic rings. The van der Waals surface area contributed by atoms with E-state index in [1.54, 1.807) is 12.1 Å². The van der Waals surface area contributed by atoms with Crippen molar-refractivity contribution in [2.75, 3.05) is 0 Å². The van der Waals surface area contributed by atoms with Crippen LogP contribution in [0.5, 0.6) is 5.75 Å². The molecule has 2 nitrogen and oxygen atoms in total. The van der Waals surface area contributed by atoms with E-state index in [4.69, 9.17) is 4.74 Å². The number of alkyl halides is 3. The maximum atomic E-state index is 13.6. The molecule has 1 unspecified atom stereocenters. The molecular formula is C26H39F3O2. The van der Waals surface area contributed by atoms with Gasteiger partial charge >= 0.3 is 12.1 Å². The molecule has 1 aliphatic carbocycles. The fourth-order valence-electron chi connectivity index (χ4n) is 4.58. The number of carbonyl (C=O) groups excluding carboxylic acids is 1. The van der Waals surface area contributed by atoms with Gasteiger partial charge in [-0.25, -0.2) is 0 Å². The lowest BCUT2D eigenvalue weighted by molar-refractivity contribution is -0.226. The zero-order chi connectivity index (χ0) is 22.9. The van der Waals surface area contributed by atoms with Crippen LogP contribution in [-0.2, 0) is 4.79 Å². The van der Waals surface area contributed by atoms with Gasteiger partial charge in [0, 0.05) is 0 Å². The second-order valence-electron chi connectivity index (χ2n) is 9.46. The molecule has 0 N–H and O–H groups in total. The summed E-state index contributed by atoms with van der Waals surface area (Å²) in [5, 5.41) is 0. The van der Waals surface area contributed by atoms with E-state index < -0.39 is 17.6 Å². The smallest absolute Gasteiger partial charge is 0.404 e. The Hall–Kier alpha value is -1.52. The van der Waals surface area contributed by atoms with Crippen molar-refractivity contribution in [2.24, 2.45) is 11.3 Å². The lowest BCUT2D eigenvalue weighted by atomic mass is 9.77. The molecular weight excluding hydrogens is 401 g/mol. The molecule has 0 saturated heterocycles. The molecule has 0 spiro atoms. The van der Waals surface area contributed by atoms with Crippen molar-refractivity contribution in [3.63, 3.8) is 0 Å². The number of unbranched alkanes of at least 4 members (excludes halogenated alkanes) is 4. The number of hydrogen-bond donors (Lipinski definition) is 0. The lowest BCUT2D eigenvalue weighted by Crippen LogP contribution is -2.45. The number of benzene rings is 1. The van der Waals surface area contributed by atoms with Crippen LogP contribution in [0.3, 0.4) is 0 Å². The molecule has 31 heavy (non-hydrogen) atoms. The summed E-state index contributed by atoms with van der Waals surface area (Å²) in [6, 6.07) is 7.10. The van der Waals surface area contributed by atoms with Gasteiger partial charge in [0.05, 0.1) is 0 Å². The molecule has 1 aromatic rings. The van der Waals surface area contributed by atoms with Crippen LogP contribution in [0.25, 0.3) is 0 Å². The first kappa shape index (κ1) is 25.7. The first-order chi connectivity index (χ1) is 14.7. The molecule has 0 aromatic heterocycles. The van der Waals surface area contributed by atoms with E-state index in [2.05, 4.69) is 6.92 Å². The lowest BCUT2D eigenvalue weighted by Gasteiger charge is -2.30. The largest absolute Gasteiger partial charge is 0.426 e. The van der Waals surface area contributed by atoms with Crippen LogP contribution in [0.4, 0.5) is 13.2 Å². The second-order valence-corrected chi connectivity index (χ2v) is 9.46. The summed E-state index contributed by atoms with van der Waals surface area (Å²) in [7, 11) is 0.